The number of hydrogen-bond acceptors (Lipinski definition) is 5. The van der Waals surface area contributed by atoms with Crippen molar-refractivity contribution in [1.82, 2.24) is 15.0 Å². The first kappa shape index (κ1) is 17.7. The van der Waals surface area contributed by atoms with E-state index in [9.17, 15) is 4.79 Å². The number of likely N-dealkylation sites (tertiary alicyclic amines) is 1. The summed E-state index contributed by atoms with van der Waals surface area (Å²) in [6.45, 7) is 7.33. The molecule has 6 heteroatoms. The molecule has 3 aromatic rings. The van der Waals surface area contributed by atoms with E-state index in [2.05, 4.69) is 24.0 Å². The Balaban J connectivity index is 1.80. The van der Waals surface area contributed by atoms with Crippen LogP contribution in [0.15, 0.2) is 40.9 Å². The molecule has 1 saturated heterocycles. The first-order chi connectivity index (χ1) is 12.9. The minimum atomic E-state index is -0.119. The summed E-state index contributed by atoms with van der Waals surface area (Å²) in [5, 5.41) is 4.72. The second kappa shape index (κ2) is 6.46. The van der Waals surface area contributed by atoms with Crippen molar-refractivity contribution < 1.29 is 9.32 Å². The van der Waals surface area contributed by atoms with Crippen molar-refractivity contribution in [2.24, 2.45) is 11.1 Å². The minimum absolute atomic E-state index is 0.0224. The van der Waals surface area contributed by atoms with Gasteiger partial charge in [-0.1, -0.05) is 49.3 Å². The largest absolute Gasteiger partial charge is 0.338 e. The molecule has 0 saturated carbocycles. The van der Waals surface area contributed by atoms with Crippen LogP contribution in [-0.2, 0) is 0 Å². The predicted octanol–water partition coefficient (Wildman–Crippen LogP) is 3.40. The zero-order valence-corrected chi connectivity index (χ0v) is 15.9. The minimum Gasteiger partial charge on any atom is -0.338 e. The molecule has 1 aromatic carbocycles. The average molecular weight is 364 g/mol. The summed E-state index contributed by atoms with van der Waals surface area (Å²) in [6.07, 6.45) is 0.793. The number of hydrogen-bond donors (Lipinski definition) is 1. The molecule has 27 heavy (non-hydrogen) atoms. The fourth-order valence-electron chi connectivity index (χ4n) is 3.74. The summed E-state index contributed by atoms with van der Waals surface area (Å²) in [7, 11) is 0. The lowest BCUT2D eigenvalue weighted by atomic mass is 9.79. The molecule has 0 aliphatic carbocycles. The van der Waals surface area contributed by atoms with Gasteiger partial charge >= 0.3 is 0 Å². The SMILES string of the molecule is Cc1noc2nc(-c3ccccc3)cc(C(=O)N3CCC(N)C(C)(C)C3)c12. The molecular weight excluding hydrogens is 340 g/mol. The van der Waals surface area contributed by atoms with E-state index >= 15 is 0 Å². The van der Waals surface area contributed by atoms with Crippen LogP contribution >= 0.6 is 0 Å². The highest BCUT2D eigenvalue weighted by Gasteiger charge is 2.36. The lowest BCUT2D eigenvalue weighted by molar-refractivity contribution is 0.0535. The maximum absolute atomic E-state index is 13.4. The molecule has 1 aliphatic rings. The fraction of sp³-hybridized carbons (Fsp3) is 0.381. The number of fused-ring (bicyclic) bond motifs is 1. The van der Waals surface area contributed by atoms with Crippen molar-refractivity contribution >= 4 is 17.0 Å². The molecule has 2 aromatic heterocycles. The lowest BCUT2D eigenvalue weighted by Gasteiger charge is -2.42. The standard InChI is InChI=1S/C21H24N4O2/c1-13-18-15(20(26)25-10-9-17(22)21(2,3)12-25)11-16(23-19(18)27-24-13)14-7-5-4-6-8-14/h4-8,11,17H,9-10,12,22H2,1-3H3. The molecule has 0 radical (unpaired) electrons. The topological polar surface area (TPSA) is 85.2 Å². The maximum Gasteiger partial charge on any atom is 0.259 e. The third-order valence-electron chi connectivity index (χ3n) is 5.52. The van der Waals surface area contributed by atoms with Crippen LogP contribution in [-0.4, -0.2) is 40.1 Å². The van der Waals surface area contributed by atoms with E-state index in [1.165, 1.54) is 0 Å². The smallest absolute Gasteiger partial charge is 0.259 e. The molecule has 0 bridgehead atoms. The number of piperidine rings is 1. The van der Waals surface area contributed by atoms with Crippen LogP contribution in [0.5, 0.6) is 0 Å². The van der Waals surface area contributed by atoms with Gasteiger partial charge in [0.2, 0.25) is 0 Å². The molecule has 3 heterocycles. The summed E-state index contributed by atoms with van der Waals surface area (Å²) < 4.78 is 5.40. The molecule has 6 nitrogen and oxygen atoms in total. The van der Waals surface area contributed by atoms with Crippen molar-refractivity contribution in [3.05, 3.63) is 47.7 Å². The number of carbonyl (C=O) groups excluding carboxylic acids is 1. The highest BCUT2D eigenvalue weighted by Crippen LogP contribution is 2.32. The van der Waals surface area contributed by atoms with Crippen LogP contribution < -0.4 is 5.73 Å². The quantitative estimate of drug-likeness (QED) is 0.753. The molecule has 1 amide bonds. The maximum atomic E-state index is 13.4. The van der Waals surface area contributed by atoms with E-state index < -0.39 is 0 Å². The number of aromatic nitrogens is 2. The van der Waals surface area contributed by atoms with Crippen molar-refractivity contribution in [3.8, 4) is 11.3 Å². The van der Waals surface area contributed by atoms with Gasteiger partial charge in [0.1, 0.15) is 0 Å². The first-order valence-corrected chi connectivity index (χ1v) is 9.24. The van der Waals surface area contributed by atoms with Crippen molar-refractivity contribution in [2.75, 3.05) is 13.1 Å². The number of nitrogens with zero attached hydrogens (tertiary/aromatic N) is 3. The van der Waals surface area contributed by atoms with Gasteiger partial charge < -0.3 is 15.2 Å². The zero-order valence-electron chi connectivity index (χ0n) is 15.9. The van der Waals surface area contributed by atoms with Crippen LogP contribution in [0.2, 0.25) is 0 Å². The van der Waals surface area contributed by atoms with Gasteiger partial charge in [-0.2, -0.15) is 0 Å². The molecule has 2 N–H and O–H groups in total. The van der Waals surface area contributed by atoms with Crippen molar-refractivity contribution in [3.63, 3.8) is 0 Å². The van der Waals surface area contributed by atoms with E-state index in [4.69, 9.17) is 10.3 Å². The number of pyridine rings is 1. The van der Waals surface area contributed by atoms with Crippen molar-refractivity contribution in [2.45, 2.75) is 33.2 Å². The normalized spacial score (nSPS) is 19.4. The van der Waals surface area contributed by atoms with E-state index in [1.54, 1.807) is 0 Å². The zero-order chi connectivity index (χ0) is 19.2. The van der Waals surface area contributed by atoms with Crippen LogP contribution in [0, 0.1) is 12.3 Å². The summed E-state index contributed by atoms with van der Waals surface area (Å²) in [5.41, 5.74) is 9.41. The second-order valence-corrected chi connectivity index (χ2v) is 7.98. The van der Waals surface area contributed by atoms with Gasteiger partial charge in [-0.3, -0.25) is 4.79 Å². The van der Waals surface area contributed by atoms with Crippen LogP contribution in [0.4, 0.5) is 0 Å². The van der Waals surface area contributed by atoms with Gasteiger partial charge in [-0.15, -0.1) is 0 Å². The highest BCUT2D eigenvalue weighted by molar-refractivity contribution is 6.07. The van der Waals surface area contributed by atoms with Gasteiger partial charge in [-0.25, -0.2) is 4.98 Å². The molecule has 4 rings (SSSR count). The number of carbonyl (C=O) groups is 1. The number of amides is 1. The Morgan fingerprint density at radius 1 is 1.30 bits per heavy atom. The van der Waals surface area contributed by atoms with Crippen LogP contribution in [0.1, 0.15) is 36.3 Å². The van der Waals surface area contributed by atoms with Gasteiger partial charge in [0.25, 0.3) is 11.6 Å². The van der Waals surface area contributed by atoms with Crippen LogP contribution in [0.3, 0.4) is 0 Å². The van der Waals surface area contributed by atoms with E-state index in [1.807, 2.05) is 48.2 Å². The summed E-state index contributed by atoms with van der Waals surface area (Å²) >= 11 is 0. The Labute approximate surface area is 158 Å². The molecule has 140 valence electrons. The Hall–Kier alpha value is -2.73. The first-order valence-electron chi connectivity index (χ1n) is 9.24. The highest BCUT2D eigenvalue weighted by atomic mass is 16.5. The summed E-state index contributed by atoms with van der Waals surface area (Å²) in [4.78, 5) is 19.9. The van der Waals surface area contributed by atoms with Gasteiger partial charge in [-0.05, 0) is 24.8 Å². The Morgan fingerprint density at radius 3 is 2.74 bits per heavy atom. The number of nitrogens with two attached hydrogens (primary N) is 1. The van der Waals surface area contributed by atoms with E-state index in [0.717, 1.165) is 12.0 Å². The Bertz CT molecular complexity index is 994. The molecule has 1 unspecified atom stereocenters. The summed E-state index contributed by atoms with van der Waals surface area (Å²) in [5.74, 6) is -0.0224. The average Bonchev–Trinajstić information content (AvgIpc) is 3.04. The van der Waals surface area contributed by atoms with Crippen LogP contribution in [0.25, 0.3) is 22.4 Å². The van der Waals surface area contributed by atoms with E-state index in [-0.39, 0.29) is 17.4 Å². The molecule has 0 spiro atoms. The molecule has 1 atom stereocenters. The van der Waals surface area contributed by atoms with Gasteiger partial charge in [0.15, 0.2) is 0 Å². The molecule has 1 fully saturated rings. The van der Waals surface area contributed by atoms with Gasteiger partial charge in [0.05, 0.1) is 22.3 Å². The predicted molar refractivity (Wildman–Crippen MR) is 104 cm³/mol. The third kappa shape index (κ3) is 3.10. The summed E-state index contributed by atoms with van der Waals surface area (Å²) in [6, 6.07) is 11.7. The Kier molecular flexibility index (Phi) is 4.23. The number of aryl methyl sites for hydroxylation is 1. The molecule has 1 aliphatic heterocycles. The van der Waals surface area contributed by atoms with E-state index in [0.29, 0.717) is 41.1 Å². The second-order valence-electron chi connectivity index (χ2n) is 7.98. The van der Waals surface area contributed by atoms with Gasteiger partial charge in [0, 0.05) is 24.7 Å². The third-order valence-corrected chi connectivity index (χ3v) is 5.52. The Morgan fingerprint density at radius 2 is 2.04 bits per heavy atom. The lowest BCUT2D eigenvalue weighted by Crippen LogP contribution is -2.54. The number of rotatable bonds is 2. The number of benzene rings is 1. The monoisotopic (exact) mass is 364 g/mol. The molecular formula is C21H24N4O2. The van der Waals surface area contributed by atoms with Crippen molar-refractivity contribution in [1.29, 1.82) is 0 Å². The fourth-order valence-corrected chi connectivity index (χ4v) is 3.74.